The Balaban J connectivity index is 3.01. The highest BCUT2D eigenvalue weighted by molar-refractivity contribution is 8.00. The first-order valence-corrected chi connectivity index (χ1v) is 5.84. The van der Waals surface area contributed by atoms with Gasteiger partial charge in [-0.1, -0.05) is 26.8 Å². The molecule has 1 aromatic carbocycles. The number of methoxy groups -OCH3 is 1. The molecule has 1 aromatic rings. The van der Waals surface area contributed by atoms with Crippen molar-refractivity contribution in [1.82, 2.24) is 0 Å². The Labute approximate surface area is 96.2 Å². The van der Waals surface area contributed by atoms with E-state index in [9.17, 15) is 0 Å². The van der Waals surface area contributed by atoms with Crippen LogP contribution in [0.4, 0.5) is 0 Å². The van der Waals surface area contributed by atoms with Crippen LogP contribution in [0, 0.1) is 0 Å². The molecule has 0 bridgehead atoms. The molecule has 0 aliphatic rings. The molecule has 3 heteroatoms. The van der Waals surface area contributed by atoms with Gasteiger partial charge in [0.1, 0.15) is 5.75 Å². The molecule has 15 heavy (non-hydrogen) atoms. The van der Waals surface area contributed by atoms with Crippen LogP contribution in [0.5, 0.6) is 5.75 Å². The number of hydrogen-bond donors (Lipinski definition) is 1. The summed E-state index contributed by atoms with van der Waals surface area (Å²) in [6.45, 7) is 7.15. The lowest BCUT2D eigenvalue weighted by atomic mass is 10.2. The maximum absolute atomic E-state index is 5.71. The van der Waals surface area contributed by atoms with Crippen LogP contribution in [-0.4, -0.2) is 11.9 Å². The second-order valence-corrected chi connectivity index (χ2v) is 6.26. The van der Waals surface area contributed by atoms with Gasteiger partial charge in [-0.25, -0.2) is 0 Å². The number of benzene rings is 1. The van der Waals surface area contributed by atoms with Gasteiger partial charge in [0.2, 0.25) is 0 Å². The number of thioether (sulfide) groups is 1. The minimum absolute atomic E-state index is 0.191. The SMILES string of the molecule is COc1ccc(CN)c(SC(C)(C)C)c1. The van der Waals surface area contributed by atoms with E-state index in [4.69, 9.17) is 10.5 Å². The van der Waals surface area contributed by atoms with E-state index in [0.29, 0.717) is 6.54 Å². The summed E-state index contributed by atoms with van der Waals surface area (Å²) in [6.07, 6.45) is 0. The topological polar surface area (TPSA) is 35.2 Å². The van der Waals surface area contributed by atoms with Crippen LogP contribution in [0.25, 0.3) is 0 Å². The van der Waals surface area contributed by atoms with Gasteiger partial charge in [0.15, 0.2) is 0 Å². The second kappa shape index (κ2) is 4.90. The van der Waals surface area contributed by atoms with Gasteiger partial charge >= 0.3 is 0 Å². The van der Waals surface area contributed by atoms with Crippen molar-refractivity contribution in [2.45, 2.75) is 37.0 Å². The highest BCUT2D eigenvalue weighted by Gasteiger charge is 2.14. The molecular weight excluding hydrogens is 206 g/mol. The zero-order valence-corrected chi connectivity index (χ0v) is 10.6. The molecule has 0 saturated carbocycles. The largest absolute Gasteiger partial charge is 0.497 e. The number of rotatable bonds is 3. The van der Waals surface area contributed by atoms with Crippen molar-refractivity contribution in [2.75, 3.05) is 7.11 Å². The number of ether oxygens (including phenoxy) is 1. The van der Waals surface area contributed by atoms with E-state index in [1.54, 1.807) is 7.11 Å². The van der Waals surface area contributed by atoms with E-state index < -0.39 is 0 Å². The van der Waals surface area contributed by atoms with Crippen molar-refractivity contribution in [2.24, 2.45) is 5.73 Å². The van der Waals surface area contributed by atoms with Crippen LogP contribution < -0.4 is 10.5 Å². The van der Waals surface area contributed by atoms with E-state index in [1.165, 1.54) is 10.5 Å². The average molecular weight is 225 g/mol. The summed E-state index contributed by atoms with van der Waals surface area (Å²) in [5.41, 5.74) is 6.88. The number of hydrogen-bond acceptors (Lipinski definition) is 3. The molecule has 0 radical (unpaired) electrons. The molecule has 1 rings (SSSR count). The molecule has 0 fully saturated rings. The molecule has 0 aromatic heterocycles. The monoisotopic (exact) mass is 225 g/mol. The minimum atomic E-state index is 0.191. The first-order chi connectivity index (χ1) is 6.96. The third kappa shape index (κ3) is 3.76. The summed E-state index contributed by atoms with van der Waals surface area (Å²) >= 11 is 1.82. The van der Waals surface area contributed by atoms with Gasteiger partial charge in [-0.15, -0.1) is 11.8 Å². The van der Waals surface area contributed by atoms with Crippen molar-refractivity contribution in [3.63, 3.8) is 0 Å². The molecule has 2 nitrogen and oxygen atoms in total. The van der Waals surface area contributed by atoms with E-state index >= 15 is 0 Å². The maximum Gasteiger partial charge on any atom is 0.119 e. The molecule has 0 amide bonds. The lowest BCUT2D eigenvalue weighted by Crippen LogP contribution is -2.09. The highest BCUT2D eigenvalue weighted by Crippen LogP contribution is 2.35. The van der Waals surface area contributed by atoms with Gasteiger partial charge in [-0.2, -0.15) is 0 Å². The van der Waals surface area contributed by atoms with Gasteiger partial charge in [-0.3, -0.25) is 0 Å². The average Bonchev–Trinajstić information content (AvgIpc) is 2.15. The summed E-state index contributed by atoms with van der Waals surface area (Å²) in [5.74, 6) is 0.888. The molecular formula is C12H19NOS. The van der Waals surface area contributed by atoms with Crippen molar-refractivity contribution >= 4 is 11.8 Å². The Morgan fingerprint density at radius 1 is 1.33 bits per heavy atom. The summed E-state index contributed by atoms with van der Waals surface area (Å²) in [4.78, 5) is 1.21. The smallest absolute Gasteiger partial charge is 0.119 e. The fraction of sp³-hybridized carbons (Fsp3) is 0.500. The third-order valence-corrected chi connectivity index (χ3v) is 3.12. The van der Waals surface area contributed by atoms with Gasteiger partial charge in [0.25, 0.3) is 0 Å². The van der Waals surface area contributed by atoms with Crippen LogP contribution in [0.15, 0.2) is 23.1 Å². The molecule has 0 unspecified atom stereocenters. The standard InChI is InChI=1S/C12H19NOS/c1-12(2,3)15-11-7-10(14-4)6-5-9(11)8-13/h5-7H,8,13H2,1-4H3. The second-order valence-electron chi connectivity index (χ2n) is 4.39. The Hall–Kier alpha value is -0.670. The predicted octanol–water partition coefficient (Wildman–Crippen LogP) is 3.04. The Morgan fingerprint density at radius 3 is 2.47 bits per heavy atom. The molecule has 0 heterocycles. The minimum Gasteiger partial charge on any atom is -0.497 e. The summed E-state index contributed by atoms with van der Waals surface area (Å²) < 4.78 is 5.41. The van der Waals surface area contributed by atoms with E-state index in [1.807, 2.05) is 23.9 Å². The number of nitrogens with two attached hydrogens (primary N) is 1. The van der Waals surface area contributed by atoms with E-state index in [2.05, 4.69) is 26.8 Å². The van der Waals surface area contributed by atoms with Gasteiger partial charge in [-0.05, 0) is 17.7 Å². The van der Waals surface area contributed by atoms with E-state index in [0.717, 1.165) is 5.75 Å². The maximum atomic E-state index is 5.71. The van der Waals surface area contributed by atoms with Crippen LogP contribution in [0.2, 0.25) is 0 Å². The zero-order chi connectivity index (χ0) is 11.5. The predicted molar refractivity (Wildman–Crippen MR) is 66.5 cm³/mol. The van der Waals surface area contributed by atoms with Gasteiger partial charge < -0.3 is 10.5 Å². The molecule has 0 aliphatic heterocycles. The first-order valence-electron chi connectivity index (χ1n) is 5.02. The van der Waals surface area contributed by atoms with Gasteiger partial charge in [0, 0.05) is 16.2 Å². The quantitative estimate of drug-likeness (QED) is 0.803. The Kier molecular flexibility index (Phi) is 4.05. The van der Waals surface area contributed by atoms with Crippen molar-refractivity contribution in [3.05, 3.63) is 23.8 Å². The molecule has 2 N–H and O–H groups in total. The summed E-state index contributed by atoms with van der Waals surface area (Å²) in [6, 6.07) is 6.04. The molecule has 0 saturated heterocycles. The fourth-order valence-corrected chi connectivity index (χ4v) is 2.37. The first kappa shape index (κ1) is 12.4. The lowest BCUT2D eigenvalue weighted by Gasteiger charge is -2.20. The molecule has 84 valence electrons. The summed E-state index contributed by atoms with van der Waals surface area (Å²) in [7, 11) is 1.68. The van der Waals surface area contributed by atoms with Crippen LogP contribution in [-0.2, 0) is 6.54 Å². The van der Waals surface area contributed by atoms with E-state index in [-0.39, 0.29) is 4.75 Å². The Bertz CT molecular complexity index is 331. The normalized spacial score (nSPS) is 11.5. The lowest BCUT2D eigenvalue weighted by molar-refractivity contribution is 0.413. The van der Waals surface area contributed by atoms with Crippen molar-refractivity contribution < 1.29 is 4.74 Å². The zero-order valence-electron chi connectivity index (χ0n) is 9.83. The van der Waals surface area contributed by atoms with Crippen LogP contribution in [0.3, 0.4) is 0 Å². The highest BCUT2D eigenvalue weighted by atomic mass is 32.2. The van der Waals surface area contributed by atoms with Gasteiger partial charge in [0.05, 0.1) is 7.11 Å². The molecule has 0 atom stereocenters. The van der Waals surface area contributed by atoms with Crippen LogP contribution >= 0.6 is 11.8 Å². The molecule has 0 spiro atoms. The van der Waals surface area contributed by atoms with Crippen molar-refractivity contribution in [1.29, 1.82) is 0 Å². The summed E-state index contributed by atoms with van der Waals surface area (Å²) in [5, 5.41) is 0. The molecule has 0 aliphatic carbocycles. The Morgan fingerprint density at radius 2 is 2.00 bits per heavy atom. The third-order valence-electron chi connectivity index (χ3n) is 1.91. The van der Waals surface area contributed by atoms with Crippen LogP contribution in [0.1, 0.15) is 26.3 Å². The van der Waals surface area contributed by atoms with Crippen molar-refractivity contribution in [3.8, 4) is 5.75 Å². The fourth-order valence-electron chi connectivity index (χ4n) is 1.26.